The molecule has 7 heteroatoms. The van der Waals surface area contributed by atoms with E-state index in [0.717, 1.165) is 5.56 Å². The molecule has 2 heterocycles. The molecule has 114 valence electrons. The van der Waals surface area contributed by atoms with Gasteiger partial charge in [0.15, 0.2) is 11.6 Å². The Hall–Kier alpha value is -2.70. The molecule has 0 atom stereocenters. The van der Waals surface area contributed by atoms with E-state index < -0.39 is 5.76 Å². The zero-order valence-electron chi connectivity index (χ0n) is 12.4. The van der Waals surface area contributed by atoms with Gasteiger partial charge in [-0.15, -0.1) is 0 Å². The summed E-state index contributed by atoms with van der Waals surface area (Å²) in [6.45, 7) is 4.30. The van der Waals surface area contributed by atoms with Crippen LogP contribution in [0, 0.1) is 5.92 Å². The van der Waals surface area contributed by atoms with Gasteiger partial charge in [0, 0.05) is 12.0 Å². The average Bonchev–Trinajstić information content (AvgIpc) is 3.08. The highest BCUT2D eigenvalue weighted by atomic mass is 16.5. The predicted molar refractivity (Wildman–Crippen MR) is 78.1 cm³/mol. The van der Waals surface area contributed by atoms with Crippen LogP contribution in [-0.2, 0) is 13.0 Å². The summed E-state index contributed by atoms with van der Waals surface area (Å²) in [4.78, 5) is 16.1. The molecular formula is C15H16N4O3. The number of hydrogen-bond acceptors (Lipinski definition) is 6. The molecule has 3 aromatic rings. The Morgan fingerprint density at radius 3 is 2.64 bits per heavy atom. The van der Waals surface area contributed by atoms with E-state index in [1.54, 1.807) is 0 Å². The van der Waals surface area contributed by atoms with E-state index in [-0.39, 0.29) is 6.54 Å². The lowest BCUT2D eigenvalue weighted by atomic mass is 10.1. The summed E-state index contributed by atoms with van der Waals surface area (Å²) in [5.74, 6) is 1.32. The van der Waals surface area contributed by atoms with Crippen molar-refractivity contribution in [2.45, 2.75) is 26.8 Å². The maximum absolute atomic E-state index is 11.8. The third-order valence-corrected chi connectivity index (χ3v) is 3.11. The van der Waals surface area contributed by atoms with Crippen molar-refractivity contribution in [3.05, 3.63) is 52.6 Å². The Balaban J connectivity index is 1.88. The molecule has 0 radical (unpaired) electrons. The van der Waals surface area contributed by atoms with Gasteiger partial charge in [-0.1, -0.05) is 54.5 Å². The number of benzene rings is 1. The molecule has 0 aliphatic rings. The van der Waals surface area contributed by atoms with Crippen molar-refractivity contribution in [2.24, 2.45) is 5.92 Å². The van der Waals surface area contributed by atoms with Crippen molar-refractivity contribution in [3.63, 3.8) is 0 Å². The highest BCUT2D eigenvalue weighted by Gasteiger charge is 2.16. The minimum atomic E-state index is -0.547. The maximum atomic E-state index is 11.8. The summed E-state index contributed by atoms with van der Waals surface area (Å²) in [7, 11) is 0. The average molecular weight is 300 g/mol. The van der Waals surface area contributed by atoms with E-state index in [0.29, 0.717) is 29.9 Å². The fourth-order valence-corrected chi connectivity index (χ4v) is 2.13. The third kappa shape index (κ3) is 2.98. The van der Waals surface area contributed by atoms with E-state index in [2.05, 4.69) is 29.1 Å². The number of rotatable bonds is 5. The molecular weight excluding hydrogens is 284 g/mol. The highest BCUT2D eigenvalue weighted by Crippen LogP contribution is 2.16. The first-order chi connectivity index (χ1) is 10.6. The molecule has 22 heavy (non-hydrogen) atoms. The van der Waals surface area contributed by atoms with Gasteiger partial charge in [0.25, 0.3) is 0 Å². The summed E-state index contributed by atoms with van der Waals surface area (Å²) in [6, 6.07) is 9.34. The first-order valence-electron chi connectivity index (χ1n) is 7.07. The molecule has 0 aliphatic carbocycles. The minimum Gasteiger partial charge on any atom is -0.339 e. The molecule has 0 unspecified atom stereocenters. The second kappa shape index (κ2) is 5.97. The van der Waals surface area contributed by atoms with Gasteiger partial charge in [-0.3, -0.25) is 4.52 Å². The summed E-state index contributed by atoms with van der Waals surface area (Å²) < 4.78 is 11.3. The van der Waals surface area contributed by atoms with Crippen LogP contribution < -0.4 is 5.76 Å². The van der Waals surface area contributed by atoms with E-state index in [1.807, 2.05) is 30.3 Å². The summed E-state index contributed by atoms with van der Waals surface area (Å²) in [5.41, 5.74) is 0.791. The molecule has 1 aromatic carbocycles. The van der Waals surface area contributed by atoms with Crippen molar-refractivity contribution in [1.29, 1.82) is 0 Å². The van der Waals surface area contributed by atoms with Crippen molar-refractivity contribution < 1.29 is 9.05 Å². The van der Waals surface area contributed by atoms with Crippen molar-refractivity contribution in [2.75, 3.05) is 0 Å². The van der Waals surface area contributed by atoms with Crippen molar-refractivity contribution in [1.82, 2.24) is 19.9 Å². The third-order valence-electron chi connectivity index (χ3n) is 3.11. The molecule has 7 nitrogen and oxygen atoms in total. The van der Waals surface area contributed by atoms with E-state index in [4.69, 9.17) is 9.05 Å². The van der Waals surface area contributed by atoms with Gasteiger partial charge in [0.2, 0.25) is 5.89 Å². The topological polar surface area (TPSA) is 87.0 Å². The first kappa shape index (κ1) is 14.2. The van der Waals surface area contributed by atoms with Crippen LogP contribution in [0.15, 0.2) is 44.2 Å². The van der Waals surface area contributed by atoms with Crippen LogP contribution in [0.25, 0.3) is 11.4 Å². The Kier molecular flexibility index (Phi) is 3.86. The molecule has 0 spiro atoms. The normalized spacial score (nSPS) is 11.2. The van der Waals surface area contributed by atoms with Gasteiger partial charge in [0.1, 0.15) is 0 Å². The Morgan fingerprint density at radius 1 is 1.14 bits per heavy atom. The molecule has 0 saturated heterocycles. The minimum absolute atomic E-state index is 0.161. The second-order valence-corrected chi connectivity index (χ2v) is 5.43. The number of nitrogens with zero attached hydrogens (tertiary/aromatic N) is 4. The monoisotopic (exact) mass is 300 g/mol. The van der Waals surface area contributed by atoms with Gasteiger partial charge < -0.3 is 4.52 Å². The quantitative estimate of drug-likeness (QED) is 0.717. The number of aromatic nitrogens is 4. The van der Waals surface area contributed by atoms with Crippen LogP contribution in [0.3, 0.4) is 0 Å². The molecule has 0 fully saturated rings. The zero-order valence-corrected chi connectivity index (χ0v) is 12.4. The van der Waals surface area contributed by atoms with Crippen molar-refractivity contribution >= 4 is 0 Å². The predicted octanol–water partition coefficient (Wildman–Crippen LogP) is 2.13. The maximum Gasteiger partial charge on any atom is 0.442 e. The molecule has 0 bridgehead atoms. The van der Waals surface area contributed by atoms with Gasteiger partial charge in [-0.05, 0) is 5.92 Å². The smallest absolute Gasteiger partial charge is 0.339 e. The first-order valence-corrected chi connectivity index (χ1v) is 7.07. The highest BCUT2D eigenvalue weighted by molar-refractivity contribution is 5.54. The summed E-state index contributed by atoms with van der Waals surface area (Å²) >= 11 is 0. The lowest BCUT2D eigenvalue weighted by molar-refractivity contribution is 0.356. The van der Waals surface area contributed by atoms with E-state index in [9.17, 15) is 4.79 Å². The van der Waals surface area contributed by atoms with Crippen LogP contribution in [0.5, 0.6) is 0 Å². The van der Waals surface area contributed by atoms with Crippen LogP contribution in [0.4, 0.5) is 0 Å². The van der Waals surface area contributed by atoms with Crippen molar-refractivity contribution in [3.8, 4) is 11.4 Å². The molecule has 2 aromatic heterocycles. The Morgan fingerprint density at radius 2 is 1.91 bits per heavy atom. The van der Waals surface area contributed by atoms with Gasteiger partial charge >= 0.3 is 5.76 Å². The second-order valence-electron chi connectivity index (χ2n) is 5.43. The number of hydrogen-bond donors (Lipinski definition) is 0. The summed E-state index contributed by atoms with van der Waals surface area (Å²) in [5, 5.41) is 7.73. The fourth-order valence-electron chi connectivity index (χ4n) is 2.13. The summed E-state index contributed by atoms with van der Waals surface area (Å²) in [6.07, 6.45) is 0.705. The molecule has 0 N–H and O–H groups in total. The SMILES string of the molecule is CC(C)Cc1nc(Cn2c(-c3ccccc3)noc2=O)no1. The van der Waals surface area contributed by atoms with Crippen LogP contribution in [-0.4, -0.2) is 19.9 Å². The molecule has 0 saturated carbocycles. The molecule has 0 amide bonds. The van der Waals surface area contributed by atoms with Crippen LogP contribution >= 0.6 is 0 Å². The van der Waals surface area contributed by atoms with Crippen LogP contribution in [0.1, 0.15) is 25.6 Å². The Labute approximate surface area is 126 Å². The Bertz CT molecular complexity index is 802. The molecule has 0 aliphatic heterocycles. The van der Waals surface area contributed by atoms with Gasteiger partial charge in [-0.25, -0.2) is 9.36 Å². The standard InChI is InChI=1S/C15H16N4O3/c1-10(2)8-13-16-12(17-21-13)9-19-14(18-22-15(19)20)11-6-4-3-5-7-11/h3-7,10H,8-9H2,1-2H3. The largest absolute Gasteiger partial charge is 0.442 e. The fraction of sp³-hybridized carbons (Fsp3) is 0.333. The zero-order chi connectivity index (χ0) is 15.5. The lowest BCUT2D eigenvalue weighted by Gasteiger charge is -2.01. The van der Waals surface area contributed by atoms with Crippen LogP contribution in [0.2, 0.25) is 0 Å². The van der Waals surface area contributed by atoms with E-state index in [1.165, 1.54) is 4.57 Å². The lowest BCUT2D eigenvalue weighted by Crippen LogP contribution is -2.17. The van der Waals surface area contributed by atoms with Gasteiger partial charge in [0.05, 0.1) is 6.54 Å². The molecule has 3 rings (SSSR count). The van der Waals surface area contributed by atoms with Gasteiger partial charge in [-0.2, -0.15) is 4.98 Å². The van der Waals surface area contributed by atoms with E-state index >= 15 is 0 Å².